The maximum absolute atomic E-state index is 12.1. The average Bonchev–Trinajstić information content (AvgIpc) is 2.38. The van der Waals surface area contributed by atoms with Gasteiger partial charge in [-0.15, -0.1) is 0 Å². The predicted molar refractivity (Wildman–Crippen MR) is 79.2 cm³/mol. The molecule has 1 heterocycles. The standard InChI is InChI=1S/C13H17IN2O/c1-8(2)5-9-7-15-11-4-3-10(14)6-12(11)16-13(9)17/h3-4,6,8-9,15H,5,7H2,1-2H3,(H,16,17). The fourth-order valence-corrected chi connectivity index (χ4v) is 2.59. The zero-order valence-electron chi connectivity index (χ0n) is 10.1. The van der Waals surface area contributed by atoms with Crippen molar-refractivity contribution in [2.75, 3.05) is 17.2 Å². The lowest BCUT2D eigenvalue weighted by Gasteiger charge is -2.15. The van der Waals surface area contributed by atoms with Crippen molar-refractivity contribution in [1.29, 1.82) is 0 Å². The molecule has 1 amide bonds. The second-order valence-electron chi connectivity index (χ2n) is 4.89. The van der Waals surface area contributed by atoms with Gasteiger partial charge in [-0.05, 0) is 53.1 Å². The molecular formula is C13H17IN2O. The van der Waals surface area contributed by atoms with E-state index in [1.54, 1.807) is 0 Å². The molecule has 0 aliphatic carbocycles. The van der Waals surface area contributed by atoms with Crippen LogP contribution in [0.4, 0.5) is 11.4 Å². The molecule has 3 nitrogen and oxygen atoms in total. The van der Waals surface area contributed by atoms with Crippen LogP contribution in [0.25, 0.3) is 0 Å². The first kappa shape index (κ1) is 12.7. The topological polar surface area (TPSA) is 41.1 Å². The van der Waals surface area contributed by atoms with E-state index in [1.165, 1.54) is 0 Å². The molecule has 0 fully saturated rings. The molecule has 1 aromatic rings. The van der Waals surface area contributed by atoms with Crippen LogP contribution < -0.4 is 10.6 Å². The van der Waals surface area contributed by atoms with Crippen molar-refractivity contribution in [1.82, 2.24) is 0 Å². The third kappa shape index (κ3) is 3.12. The molecule has 2 rings (SSSR count). The molecule has 1 aliphatic heterocycles. The van der Waals surface area contributed by atoms with Gasteiger partial charge in [-0.3, -0.25) is 4.79 Å². The molecule has 1 aromatic carbocycles. The smallest absolute Gasteiger partial charge is 0.229 e. The lowest BCUT2D eigenvalue weighted by atomic mass is 9.96. The van der Waals surface area contributed by atoms with E-state index in [2.05, 4.69) is 47.1 Å². The Labute approximate surface area is 116 Å². The number of amides is 1. The summed E-state index contributed by atoms with van der Waals surface area (Å²) in [5, 5.41) is 6.36. The predicted octanol–water partition coefficient (Wildman–Crippen LogP) is 3.32. The Morgan fingerprint density at radius 3 is 2.88 bits per heavy atom. The van der Waals surface area contributed by atoms with Crippen LogP contribution in [-0.4, -0.2) is 12.5 Å². The third-order valence-electron chi connectivity index (χ3n) is 2.91. The Balaban J connectivity index is 2.19. The lowest BCUT2D eigenvalue weighted by molar-refractivity contribution is -0.119. The summed E-state index contributed by atoms with van der Waals surface area (Å²) in [5.41, 5.74) is 1.91. The minimum atomic E-state index is 0.0556. The zero-order valence-corrected chi connectivity index (χ0v) is 12.2. The van der Waals surface area contributed by atoms with Gasteiger partial charge in [0.2, 0.25) is 5.91 Å². The van der Waals surface area contributed by atoms with Gasteiger partial charge in [0.1, 0.15) is 0 Å². The summed E-state index contributed by atoms with van der Waals surface area (Å²) in [6.45, 7) is 5.01. The Hall–Kier alpha value is -0.780. The van der Waals surface area contributed by atoms with Crippen LogP contribution in [0.15, 0.2) is 18.2 Å². The number of rotatable bonds is 2. The number of fused-ring (bicyclic) bond motifs is 1. The molecule has 1 aliphatic rings. The van der Waals surface area contributed by atoms with Crippen LogP contribution >= 0.6 is 22.6 Å². The van der Waals surface area contributed by atoms with Gasteiger partial charge in [-0.25, -0.2) is 0 Å². The highest BCUT2D eigenvalue weighted by molar-refractivity contribution is 14.1. The molecule has 0 bridgehead atoms. The van der Waals surface area contributed by atoms with Gasteiger partial charge in [-0.1, -0.05) is 13.8 Å². The molecule has 1 unspecified atom stereocenters. The quantitative estimate of drug-likeness (QED) is 0.809. The molecule has 0 saturated heterocycles. The fourth-order valence-electron chi connectivity index (χ4n) is 2.09. The van der Waals surface area contributed by atoms with Crippen molar-refractivity contribution in [2.24, 2.45) is 11.8 Å². The first-order chi connectivity index (χ1) is 8.06. The van der Waals surface area contributed by atoms with E-state index in [0.29, 0.717) is 5.92 Å². The summed E-state index contributed by atoms with van der Waals surface area (Å²) in [4.78, 5) is 12.1. The van der Waals surface area contributed by atoms with Gasteiger partial charge in [0.25, 0.3) is 0 Å². The Morgan fingerprint density at radius 1 is 1.41 bits per heavy atom. The summed E-state index contributed by atoms with van der Waals surface area (Å²) in [7, 11) is 0. The van der Waals surface area contributed by atoms with Crippen LogP contribution in [0.5, 0.6) is 0 Å². The zero-order chi connectivity index (χ0) is 12.4. The first-order valence-corrected chi connectivity index (χ1v) is 6.98. The maximum Gasteiger partial charge on any atom is 0.229 e. The highest BCUT2D eigenvalue weighted by Crippen LogP contribution is 2.28. The van der Waals surface area contributed by atoms with Crippen LogP contribution in [0.1, 0.15) is 20.3 Å². The van der Waals surface area contributed by atoms with Crippen LogP contribution in [0, 0.1) is 15.4 Å². The van der Waals surface area contributed by atoms with Gasteiger partial charge in [0, 0.05) is 10.1 Å². The molecule has 0 spiro atoms. The molecule has 0 radical (unpaired) electrons. The molecule has 2 N–H and O–H groups in total. The SMILES string of the molecule is CC(C)CC1CNc2ccc(I)cc2NC1=O. The number of hydrogen-bond donors (Lipinski definition) is 2. The Bertz CT molecular complexity index is 431. The number of carbonyl (C=O) groups excluding carboxylic acids is 1. The highest BCUT2D eigenvalue weighted by atomic mass is 127. The second-order valence-corrected chi connectivity index (χ2v) is 6.13. The lowest BCUT2D eigenvalue weighted by Crippen LogP contribution is -2.27. The van der Waals surface area contributed by atoms with E-state index in [4.69, 9.17) is 0 Å². The maximum atomic E-state index is 12.1. The van der Waals surface area contributed by atoms with E-state index in [1.807, 2.05) is 18.2 Å². The van der Waals surface area contributed by atoms with Crippen LogP contribution in [0.2, 0.25) is 0 Å². The fraction of sp³-hybridized carbons (Fsp3) is 0.462. The summed E-state index contributed by atoms with van der Waals surface area (Å²) in [5.74, 6) is 0.723. The molecular weight excluding hydrogens is 327 g/mol. The number of anilines is 2. The van der Waals surface area contributed by atoms with Crippen molar-refractivity contribution in [3.8, 4) is 0 Å². The average molecular weight is 344 g/mol. The van der Waals surface area contributed by atoms with Gasteiger partial charge < -0.3 is 10.6 Å². The number of nitrogens with one attached hydrogen (secondary N) is 2. The number of carbonyl (C=O) groups is 1. The molecule has 4 heteroatoms. The molecule has 92 valence electrons. The first-order valence-electron chi connectivity index (χ1n) is 5.90. The van der Waals surface area contributed by atoms with E-state index in [0.717, 1.165) is 27.9 Å². The monoisotopic (exact) mass is 344 g/mol. The molecule has 0 saturated carbocycles. The van der Waals surface area contributed by atoms with E-state index < -0.39 is 0 Å². The largest absolute Gasteiger partial charge is 0.383 e. The number of hydrogen-bond acceptors (Lipinski definition) is 2. The van der Waals surface area contributed by atoms with E-state index >= 15 is 0 Å². The van der Waals surface area contributed by atoms with Gasteiger partial charge >= 0.3 is 0 Å². The minimum Gasteiger partial charge on any atom is -0.383 e. The van der Waals surface area contributed by atoms with E-state index in [-0.39, 0.29) is 11.8 Å². The third-order valence-corrected chi connectivity index (χ3v) is 3.58. The van der Waals surface area contributed by atoms with Crippen LogP contribution in [0.3, 0.4) is 0 Å². The van der Waals surface area contributed by atoms with Crippen molar-refractivity contribution in [2.45, 2.75) is 20.3 Å². The second kappa shape index (κ2) is 5.25. The number of halogens is 1. The summed E-state index contributed by atoms with van der Waals surface area (Å²) in [6.07, 6.45) is 0.921. The van der Waals surface area contributed by atoms with Gasteiger partial charge in [-0.2, -0.15) is 0 Å². The van der Waals surface area contributed by atoms with Crippen molar-refractivity contribution in [3.05, 3.63) is 21.8 Å². The van der Waals surface area contributed by atoms with Crippen molar-refractivity contribution in [3.63, 3.8) is 0 Å². The number of benzene rings is 1. The minimum absolute atomic E-state index is 0.0556. The Morgan fingerprint density at radius 2 is 2.18 bits per heavy atom. The Kier molecular flexibility index (Phi) is 3.91. The summed E-state index contributed by atoms with van der Waals surface area (Å²) >= 11 is 2.25. The van der Waals surface area contributed by atoms with Gasteiger partial charge in [0.15, 0.2) is 0 Å². The molecule has 17 heavy (non-hydrogen) atoms. The van der Waals surface area contributed by atoms with Crippen LogP contribution in [-0.2, 0) is 4.79 Å². The summed E-state index contributed by atoms with van der Waals surface area (Å²) in [6, 6.07) is 6.06. The van der Waals surface area contributed by atoms with Crippen molar-refractivity contribution < 1.29 is 4.79 Å². The van der Waals surface area contributed by atoms with Crippen molar-refractivity contribution >= 4 is 39.9 Å². The summed E-state index contributed by atoms with van der Waals surface area (Å²) < 4.78 is 1.13. The van der Waals surface area contributed by atoms with Gasteiger partial charge in [0.05, 0.1) is 17.3 Å². The molecule has 0 aromatic heterocycles. The molecule has 1 atom stereocenters. The normalized spacial score (nSPS) is 19.3. The van der Waals surface area contributed by atoms with E-state index in [9.17, 15) is 4.79 Å². The highest BCUT2D eigenvalue weighted by Gasteiger charge is 2.23.